The van der Waals surface area contributed by atoms with E-state index in [-0.39, 0.29) is 12.2 Å². The first kappa shape index (κ1) is 16.0. The predicted octanol–water partition coefficient (Wildman–Crippen LogP) is 4.00. The van der Waals surface area contributed by atoms with Crippen LogP contribution in [0.15, 0.2) is 54.6 Å². The first-order valence-corrected chi connectivity index (χ1v) is 6.98. The van der Waals surface area contributed by atoms with Gasteiger partial charge in [-0.2, -0.15) is 0 Å². The van der Waals surface area contributed by atoms with Crippen LogP contribution in [0, 0.1) is 11.6 Å². The second kappa shape index (κ2) is 7.61. The van der Waals surface area contributed by atoms with Crippen LogP contribution in [0.2, 0.25) is 0 Å². The molecule has 0 aliphatic carbocycles. The number of halogens is 2. The number of hydrogen-bond acceptors (Lipinski definition) is 2. The van der Waals surface area contributed by atoms with Crippen LogP contribution >= 0.6 is 0 Å². The first-order valence-electron chi connectivity index (χ1n) is 6.98. The third-order valence-corrected chi connectivity index (χ3v) is 3.25. The van der Waals surface area contributed by atoms with E-state index in [1.165, 1.54) is 6.08 Å². The SMILES string of the molecule is O=C(/C=C(\CCCO)c1ccccc1)c1cc(F)ccc1F. The summed E-state index contributed by atoms with van der Waals surface area (Å²) in [4.78, 5) is 12.2. The lowest BCUT2D eigenvalue weighted by Crippen LogP contribution is -2.02. The third-order valence-electron chi connectivity index (χ3n) is 3.25. The van der Waals surface area contributed by atoms with Crippen molar-refractivity contribution in [2.45, 2.75) is 12.8 Å². The van der Waals surface area contributed by atoms with Crippen molar-refractivity contribution in [1.29, 1.82) is 0 Å². The number of hydrogen-bond donors (Lipinski definition) is 1. The smallest absolute Gasteiger partial charge is 0.189 e. The molecule has 0 spiro atoms. The summed E-state index contributed by atoms with van der Waals surface area (Å²) < 4.78 is 26.9. The average molecular weight is 302 g/mol. The van der Waals surface area contributed by atoms with Gasteiger partial charge in [0.2, 0.25) is 0 Å². The van der Waals surface area contributed by atoms with E-state index < -0.39 is 17.4 Å². The van der Waals surface area contributed by atoms with Crippen LogP contribution in [0.4, 0.5) is 8.78 Å². The summed E-state index contributed by atoms with van der Waals surface area (Å²) in [6, 6.07) is 12.0. The quantitative estimate of drug-likeness (QED) is 0.647. The molecule has 0 aliphatic rings. The van der Waals surface area contributed by atoms with Crippen LogP contribution < -0.4 is 0 Å². The molecule has 0 heterocycles. The summed E-state index contributed by atoms with van der Waals surface area (Å²) in [7, 11) is 0. The minimum atomic E-state index is -0.753. The van der Waals surface area contributed by atoms with Crippen molar-refractivity contribution in [3.63, 3.8) is 0 Å². The van der Waals surface area contributed by atoms with Crippen molar-refractivity contribution >= 4 is 11.4 Å². The number of carbonyl (C=O) groups excluding carboxylic acids is 1. The highest BCUT2D eigenvalue weighted by Crippen LogP contribution is 2.21. The molecule has 2 aromatic carbocycles. The van der Waals surface area contributed by atoms with E-state index in [4.69, 9.17) is 5.11 Å². The monoisotopic (exact) mass is 302 g/mol. The number of aliphatic hydroxyl groups is 1. The molecule has 0 saturated carbocycles. The van der Waals surface area contributed by atoms with Crippen LogP contribution in [0.3, 0.4) is 0 Å². The lowest BCUT2D eigenvalue weighted by molar-refractivity contribution is 0.104. The normalized spacial score (nSPS) is 11.5. The van der Waals surface area contributed by atoms with Gasteiger partial charge in [-0.15, -0.1) is 0 Å². The summed E-state index contributed by atoms with van der Waals surface area (Å²) in [6.45, 7) is -0.00725. The fourth-order valence-electron chi connectivity index (χ4n) is 2.14. The molecule has 0 bridgehead atoms. The van der Waals surface area contributed by atoms with Gasteiger partial charge in [0, 0.05) is 6.61 Å². The summed E-state index contributed by atoms with van der Waals surface area (Å²) in [6.07, 6.45) is 2.27. The first-order chi connectivity index (χ1) is 10.6. The maximum Gasteiger partial charge on any atom is 0.189 e. The molecule has 2 aromatic rings. The molecule has 0 radical (unpaired) electrons. The van der Waals surface area contributed by atoms with E-state index in [0.29, 0.717) is 18.4 Å². The molecule has 2 nitrogen and oxygen atoms in total. The second-order valence-corrected chi connectivity index (χ2v) is 4.85. The molecule has 0 aliphatic heterocycles. The fourth-order valence-corrected chi connectivity index (χ4v) is 2.14. The zero-order valence-electron chi connectivity index (χ0n) is 11.9. The van der Waals surface area contributed by atoms with Crippen molar-refractivity contribution in [3.05, 3.63) is 77.4 Å². The fraction of sp³-hybridized carbons (Fsp3) is 0.167. The third kappa shape index (κ3) is 4.09. The van der Waals surface area contributed by atoms with E-state index >= 15 is 0 Å². The number of rotatable bonds is 6. The minimum Gasteiger partial charge on any atom is -0.396 e. The van der Waals surface area contributed by atoms with E-state index in [9.17, 15) is 13.6 Å². The Hall–Kier alpha value is -2.33. The highest BCUT2D eigenvalue weighted by molar-refractivity contribution is 6.08. The van der Waals surface area contributed by atoms with Gasteiger partial charge < -0.3 is 5.11 Å². The maximum absolute atomic E-state index is 13.7. The number of aliphatic hydroxyl groups excluding tert-OH is 1. The summed E-state index contributed by atoms with van der Waals surface area (Å²) in [5.74, 6) is -2.00. The van der Waals surface area contributed by atoms with Gasteiger partial charge in [-0.3, -0.25) is 4.79 Å². The Morgan fingerprint density at radius 1 is 1.09 bits per heavy atom. The van der Waals surface area contributed by atoms with Crippen molar-refractivity contribution in [2.75, 3.05) is 6.61 Å². The Bertz CT molecular complexity index is 679. The summed E-state index contributed by atoms with van der Waals surface area (Å²) in [5, 5.41) is 8.97. The molecule has 1 N–H and O–H groups in total. The minimum absolute atomic E-state index is 0.00725. The molecule has 0 unspecified atom stereocenters. The molecular formula is C18H16F2O2. The zero-order chi connectivity index (χ0) is 15.9. The van der Waals surface area contributed by atoms with Crippen molar-refractivity contribution in [2.24, 2.45) is 0 Å². The lowest BCUT2D eigenvalue weighted by Gasteiger charge is -2.07. The number of carbonyl (C=O) groups is 1. The molecule has 0 fully saturated rings. The standard InChI is InChI=1S/C18H16F2O2/c19-15-8-9-17(20)16(12-15)18(22)11-14(7-4-10-21)13-5-2-1-3-6-13/h1-3,5-6,8-9,11-12,21H,4,7,10H2/b14-11+. The van der Waals surface area contributed by atoms with Crippen molar-refractivity contribution < 1.29 is 18.7 Å². The summed E-state index contributed by atoms with van der Waals surface area (Å²) >= 11 is 0. The van der Waals surface area contributed by atoms with Crippen LogP contribution in [-0.4, -0.2) is 17.5 Å². The number of ketones is 1. The van der Waals surface area contributed by atoms with E-state index in [2.05, 4.69) is 0 Å². The van der Waals surface area contributed by atoms with Gasteiger partial charge in [0.1, 0.15) is 11.6 Å². The van der Waals surface area contributed by atoms with Gasteiger partial charge in [0.15, 0.2) is 5.78 Å². The molecule has 22 heavy (non-hydrogen) atoms. The lowest BCUT2D eigenvalue weighted by atomic mass is 9.98. The molecule has 0 saturated heterocycles. The average Bonchev–Trinajstić information content (AvgIpc) is 2.54. The van der Waals surface area contributed by atoms with E-state index in [1.54, 1.807) is 0 Å². The van der Waals surface area contributed by atoms with Crippen molar-refractivity contribution in [3.8, 4) is 0 Å². The highest BCUT2D eigenvalue weighted by Gasteiger charge is 2.12. The Morgan fingerprint density at radius 2 is 1.82 bits per heavy atom. The Balaban J connectivity index is 2.36. The molecule has 2 rings (SSSR count). The van der Waals surface area contributed by atoms with E-state index in [1.807, 2.05) is 30.3 Å². The Kier molecular flexibility index (Phi) is 5.55. The highest BCUT2D eigenvalue weighted by atomic mass is 19.1. The van der Waals surface area contributed by atoms with Crippen LogP contribution in [-0.2, 0) is 0 Å². The number of allylic oxidation sites excluding steroid dienone is 2. The van der Waals surface area contributed by atoms with Gasteiger partial charge in [0.25, 0.3) is 0 Å². The van der Waals surface area contributed by atoms with Crippen molar-refractivity contribution in [1.82, 2.24) is 0 Å². The van der Waals surface area contributed by atoms with Crippen LogP contribution in [0.5, 0.6) is 0 Å². The number of benzene rings is 2. The molecule has 0 amide bonds. The van der Waals surface area contributed by atoms with Gasteiger partial charge >= 0.3 is 0 Å². The van der Waals surface area contributed by atoms with Crippen LogP contribution in [0.1, 0.15) is 28.8 Å². The Morgan fingerprint density at radius 3 is 2.50 bits per heavy atom. The van der Waals surface area contributed by atoms with Gasteiger partial charge in [-0.05, 0) is 48.3 Å². The second-order valence-electron chi connectivity index (χ2n) is 4.85. The zero-order valence-corrected chi connectivity index (χ0v) is 11.9. The molecular weight excluding hydrogens is 286 g/mol. The van der Waals surface area contributed by atoms with E-state index in [0.717, 1.165) is 23.8 Å². The largest absolute Gasteiger partial charge is 0.396 e. The maximum atomic E-state index is 13.7. The van der Waals surface area contributed by atoms with Gasteiger partial charge in [-0.25, -0.2) is 8.78 Å². The van der Waals surface area contributed by atoms with Gasteiger partial charge in [-0.1, -0.05) is 30.3 Å². The topological polar surface area (TPSA) is 37.3 Å². The summed E-state index contributed by atoms with van der Waals surface area (Å²) in [5.41, 5.74) is 1.21. The Labute approximate surface area is 127 Å². The molecule has 4 heteroatoms. The predicted molar refractivity (Wildman–Crippen MR) is 81.4 cm³/mol. The molecule has 0 atom stereocenters. The molecule has 114 valence electrons. The van der Waals surface area contributed by atoms with Crippen LogP contribution in [0.25, 0.3) is 5.57 Å². The van der Waals surface area contributed by atoms with Gasteiger partial charge in [0.05, 0.1) is 5.56 Å². The molecule has 0 aromatic heterocycles.